The highest BCUT2D eigenvalue weighted by Crippen LogP contribution is 2.29. The first-order valence-corrected chi connectivity index (χ1v) is 5.62. The molecule has 0 aliphatic heterocycles. The average Bonchev–Trinajstić information content (AvgIpc) is 2.59. The molecule has 84 valence electrons. The standard InChI is InChI=1S/C11H23NO2/c1-13-8-4-9-14-10-7-11(12)5-2-3-6-11/h2-10,12H2,1H3. The van der Waals surface area contributed by atoms with E-state index >= 15 is 0 Å². The Labute approximate surface area is 86.9 Å². The zero-order chi connectivity index (χ0) is 10.3. The summed E-state index contributed by atoms with van der Waals surface area (Å²) in [5, 5.41) is 0. The fraction of sp³-hybridized carbons (Fsp3) is 1.00. The number of nitrogens with two attached hydrogens (primary N) is 1. The second-order valence-corrected chi connectivity index (χ2v) is 4.28. The van der Waals surface area contributed by atoms with E-state index in [4.69, 9.17) is 15.2 Å². The van der Waals surface area contributed by atoms with E-state index < -0.39 is 0 Å². The highest BCUT2D eigenvalue weighted by Gasteiger charge is 2.28. The molecule has 1 aliphatic carbocycles. The average molecular weight is 201 g/mol. The molecule has 0 amide bonds. The molecule has 0 heterocycles. The molecule has 1 saturated carbocycles. The van der Waals surface area contributed by atoms with Crippen LogP contribution in [0, 0.1) is 0 Å². The third-order valence-electron chi connectivity index (χ3n) is 2.98. The van der Waals surface area contributed by atoms with Crippen LogP contribution in [0.25, 0.3) is 0 Å². The molecule has 2 N–H and O–H groups in total. The largest absolute Gasteiger partial charge is 0.385 e. The molecule has 0 aromatic heterocycles. The van der Waals surface area contributed by atoms with E-state index in [1.165, 1.54) is 25.7 Å². The van der Waals surface area contributed by atoms with Gasteiger partial charge in [-0.1, -0.05) is 12.8 Å². The normalized spacial score (nSPS) is 20.1. The van der Waals surface area contributed by atoms with Crippen molar-refractivity contribution < 1.29 is 9.47 Å². The van der Waals surface area contributed by atoms with Crippen LogP contribution in [0.15, 0.2) is 0 Å². The van der Waals surface area contributed by atoms with Crippen molar-refractivity contribution in [3.05, 3.63) is 0 Å². The van der Waals surface area contributed by atoms with E-state index in [-0.39, 0.29) is 5.54 Å². The molecule has 0 saturated heterocycles. The van der Waals surface area contributed by atoms with Gasteiger partial charge in [-0.25, -0.2) is 0 Å². The van der Waals surface area contributed by atoms with Crippen LogP contribution in [0.5, 0.6) is 0 Å². The van der Waals surface area contributed by atoms with Gasteiger partial charge in [0.2, 0.25) is 0 Å². The maximum absolute atomic E-state index is 6.20. The van der Waals surface area contributed by atoms with Crippen molar-refractivity contribution in [2.45, 2.75) is 44.1 Å². The van der Waals surface area contributed by atoms with Crippen molar-refractivity contribution >= 4 is 0 Å². The number of methoxy groups -OCH3 is 1. The first-order valence-electron chi connectivity index (χ1n) is 5.62. The van der Waals surface area contributed by atoms with Gasteiger partial charge in [0.05, 0.1) is 0 Å². The Morgan fingerprint density at radius 1 is 1.14 bits per heavy atom. The minimum absolute atomic E-state index is 0.0846. The van der Waals surface area contributed by atoms with Crippen molar-refractivity contribution in [3.63, 3.8) is 0 Å². The van der Waals surface area contributed by atoms with Crippen molar-refractivity contribution in [1.82, 2.24) is 0 Å². The molecule has 0 unspecified atom stereocenters. The molecule has 1 aliphatic rings. The molecule has 0 aromatic carbocycles. The van der Waals surface area contributed by atoms with E-state index in [0.717, 1.165) is 32.7 Å². The highest BCUT2D eigenvalue weighted by molar-refractivity contribution is 4.88. The summed E-state index contributed by atoms with van der Waals surface area (Å²) >= 11 is 0. The molecule has 0 atom stereocenters. The predicted octanol–water partition coefficient (Wildman–Crippen LogP) is 1.70. The van der Waals surface area contributed by atoms with Gasteiger partial charge in [-0.15, -0.1) is 0 Å². The van der Waals surface area contributed by atoms with Crippen molar-refractivity contribution in [3.8, 4) is 0 Å². The minimum Gasteiger partial charge on any atom is -0.385 e. The van der Waals surface area contributed by atoms with Crippen LogP contribution < -0.4 is 5.73 Å². The number of hydrogen-bond acceptors (Lipinski definition) is 3. The van der Waals surface area contributed by atoms with Crippen LogP contribution >= 0.6 is 0 Å². The molecule has 3 heteroatoms. The van der Waals surface area contributed by atoms with E-state index in [1.54, 1.807) is 7.11 Å². The summed E-state index contributed by atoms with van der Waals surface area (Å²) in [6, 6.07) is 0. The van der Waals surface area contributed by atoms with Gasteiger partial charge >= 0.3 is 0 Å². The SMILES string of the molecule is COCCCOCCC1(N)CCCC1. The Kier molecular flexibility index (Phi) is 5.45. The maximum Gasteiger partial charge on any atom is 0.0487 e. The zero-order valence-corrected chi connectivity index (χ0v) is 9.26. The molecule has 0 bridgehead atoms. The first-order chi connectivity index (χ1) is 6.77. The molecular weight excluding hydrogens is 178 g/mol. The van der Waals surface area contributed by atoms with Gasteiger partial charge in [-0.2, -0.15) is 0 Å². The van der Waals surface area contributed by atoms with Crippen molar-refractivity contribution in [2.24, 2.45) is 5.73 Å². The van der Waals surface area contributed by atoms with Gasteiger partial charge in [0, 0.05) is 32.5 Å². The molecule has 0 aromatic rings. The molecule has 14 heavy (non-hydrogen) atoms. The van der Waals surface area contributed by atoms with Gasteiger partial charge in [0.25, 0.3) is 0 Å². The summed E-state index contributed by atoms with van der Waals surface area (Å²) in [5.74, 6) is 0. The Bertz CT molecular complexity index is 144. The lowest BCUT2D eigenvalue weighted by Crippen LogP contribution is -2.37. The molecular formula is C11H23NO2. The Balaban J connectivity index is 1.92. The van der Waals surface area contributed by atoms with Gasteiger partial charge < -0.3 is 15.2 Å². The Morgan fingerprint density at radius 2 is 1.86 bits per heavy atom. The molecule has 0 spiro atoms. The van der Waals surface area contributed by atoms with Gasteiger partial charge in [-0.3, -0.25) is 0 Å². The summed E-state index contributed by atoms with van der Waals surface area (Å²) < 4.78 is 10.4. The van der Waals surface area contributed by atoms with Crippen molar-refractivity contribution in [1.29, 1.82) is 0 Å². The van der Waals surface area contributed by atoms with E-state index in [0.29, 0.717) is 0 Å². The fourth-order valence-electron chi connectivity index (χ4n) is 2.01. The summed E-state index contributed by atoms with van der Waals surface area (Å²) in [7, 11) is 1.72. The summed E-state index contributed by atoms with van der Waals surface area (Å²) in [6.45, 7) is 2.39. The maximum atomic E-state index is 6.20. The summed E-state index contributed by atoms with van der Waals surface area (Å²) in [4.78, 5) is 0. The monoisotopic (exact) mass is 201 g/mol. The summed E-state index contributed by atoms with van der Waals surface area (Å²) in [6.07, 6.45) is 6.93. The van der Waals surface area contributed by atoms with Gasteiger partial charge in [0.15, 0.2) is 0 Å². The third-order valence-corrected chi connectivity index (χ3v) is 2.98. The van der Waals surface area contributed by atoms with Crippen LogP contribution in [0.4, 0.5) is 0 Å². The molecule has 0 radical (unpaired) electrons. The zero-order valence-electron chi connectivity index (χ0n) is 9.26. The van der Waals surface area contributed by atoms with Gasteiger partial charge in [-0.05, 0) is 25.7 Å². The minimum atomic E-state index is 0.0846. The lowest BCUT2D eigenvalue weighted by molar-refractivity contribution is 0.0905. The third kappa shape index (κ3) is 4.40. The quantitative estimate of drug-likeness (QED) is 0.638. The molecule has 1 rings (SSSR count). The number of ether oxygens (including phenoxy) is 2. The first kappa shape index (κ1) is 12.0. The second-order valence-electron chi connectivity index (χ2n) is 4.28. The number of hydrogen-bond donors (Lipinski definition) is 1. The fourth-order valence-corrected chi connectivity index (χ4v) is 2.01. The second kappa shape index (κ2) is 6.38. The van der Waals surface area contributed by atoms with Crippen molar-refractivity contribution in [2.75, 3.05) is 26.9 Å². The smallest absolute Gasteiger partial charge is 0.0487 e. The van der Waals surface area contributed by atoms with Crippen LogP contribution in [0.3, 0.4) is 0 Å². The van der Waals surface area contributed by atoms with Crippen LogP contribution in [0.1, 0.15) is 38.5 Å². The topological polar surface area (TPSA) is 44.5 Å². The lowest BCUT2D eigenvalue weighted by Gasteiger charge is -2.23. The Hall–Kier alpha value is -0.120. The van der Waals surface area contributed by atoms with Crippen LogP contribution in [0.2, 0.25) is 0 Å². The predicted molar refractivity (Wildman–Crippen MR) is 57.3 cm³/mol. The van der Waals surface area contributed by atoms with E-state index in [2.05, 4.69) is 0 Å². The van der Waals surface area contributed by atoms with Crippen LogP contribution in [-0.2, 0) is 9.47 Å². The van der Waals surface area contributed by atoms with Crippen LogP contribution in [-0.4, -0.2) is 32.5 Å². The number of rotatable bonds is 7. The lowest BCUT2D eigenvalue weighted by atomic mass is 9.95. The summed E-state index contributed by atoms with van der Waals surface area (Å²) in [5.41, 5.74) is 6.28. The molecule has 3 nitrogen and oxygen atoms in total. The Morgan fingerprint density at radius 3 is 2.50 bits per heavy atom. The van der Waals surface area contributed by atoms with E-state index in [1.807, 2.05) is 0 Å². The van der Waals surface area contributed by atoms with E-state index in [9.17, 15) is 0 Å². The van der Waals surface area contributed by atoms with Gasteiger partial charge in [0.1, 0.15) is 0 Å². The highest BCUT2D eigenvalue weighted by atomic mass is 16.5. The molecule has 1 fully saturated rings.